The Morgan fingerprint density at radius 3 is 2.93 bits per heavy atom. The number of nitrogens with zero attached hydrogens (tertiary/aromatic N) is 1. The monoisotopic (exact) mass is 253 g/mol. The fourth-order valence-electron chi connectivity index (χ4n) is 1.01. The summed E-state index contributed by atoms with van der Waals surface area (Å²) in [5.74, 6) is -0.467. The number of halogens is 2. The largest absolute Gasteiger partial charge is 0.206 e. The lowest BCUT2D eigenvalue weighted by Gasteiger charge is -1.95. The van der Waals surface area contributed by atoms with Crippen molar-refractivity contribution in [1.82, 2.24) is 0 Å². The van der Waals surface area contributed by atoms with E-state index in [1.165, 1.54) is 6.07 Å². The summed E-state index contributed by atoms with van der Waals surface area (Å²) in [4.78, 5) is 0. The van der Waals surface area contributed by atoms with E-state index in [4.69, 9.17) is 5.26 Å². The summed E-state index contributed by atoms with van der Waals surface area (Å²) in [6.45, 7) is 0. The number of allylic oxidation sites excluding steroid dienone is 1. The first-order valence-electron chi connectivity index (χ1n) is 4.20. The molecule has 0 spiro atoms. The molecule has 0 aliphatic carbocycles. The topological polar surface area (TPSA) is 23.8 Å². The van der Waals surface area contributed by atoms with E-state index >= 15 is 0 Å². The van der Waals surface area contributed by atoms with Crippen LogP contribution in [0.5, 0.6) is 0 Å². The molecule has 0 saturated heterocycles. The number of rotatable bonds is 3. The normalized spacial score (nSPS) is 10.4. The first-order chi connectivity index (χ1) is 6.77. The first-order valence-corrected chi connectivity index (χ1v) is 5.32. The van der Waals surface area contributed by atoms with Crippen molar-refractivity contribution < 1.29 is 4.39 Å². The maximum atomic E-state index is 12.9. The molecule has 14 heavy (non-hydrogen) atoms. The smallest absolute Gasteiger partial charge is 0.140 e. The highest BCUT2D eigenvalue weighted by atomic mass is 79.9. The molecule has 0 N–H and O–H groups in total. The van der Waals surface area contributed by atoms with Crippen LogP contribution in [0.15, 0.2) is 24.3 Å². The summed E-state index contributed by atoms with van der Waals surface area (Å²) >= 11 is 3.30. The third kappa shape index (κ3) is 2.97. The lowest BCUT2D eigenvalue weighted by molar-refractivity contribution is 0.624. The molecule has 0 heterocycles. The maximum absolute atomic E-state index is 12.9. The third-order valence-electron chi connectivity index (χ3n) is 1.70. The van der Waals surface area contributed by atoms with E-state index in [0.29, 0.717) is 0 Å². The van der Waals surface area contributed by atoms with Crippen LogP contribution in [0.4, 0.5) is 4.39 Å². The summed E-state index contributed by atoms with van der Waals surface area (Å²) in [5, 5.41) is 9.49. The van der Waals surface area contributed by atoms with Gasteiger partial charge in [-0.1, -0.05) is 34.1 Å². The quantitative estimate of drug-likeness (QED) is 0.757. The Hall–Kier alpha value is -1.14. The average Bonchev–Trinajstić information content (AvgIpc) is 2.21. The molecule has 0 aliphatic heterocycles. The molecule has 0 amide bonds. The summed E-state index contributed by atoms with van der Waals surface area (Å²) in [7, 11) is 0. The standard InChI is InChI=1S/C11H9BrFN/c12-6-2-1-3-9-4-5-11(13)10(7-9)8-14/h1,3-5,7H,2,6H2. The molecule has 0 radical (unpaired) electrons. The van der Waals surface area contributed by atoms with Crippen LogP contribution in [0.2, 0.25) is 0 Å². The average molecular weight is 254 g/mol. The van der Waals surface area contributed by atoms with E-state index in [9.17, 15) is 4.39 Å². The molecule has 0 aliphatic rings. The van der Waals surface area contributed by atoms with Gasteiger partial charge in [0.25, 0.3) is 0 Å². The Balaban J connectivity index is 2.86. The van der Waals surface area contributed by atoms with Gasteiger partial charge in [-0.3, -0.25) is 0 Å². The molecule has 1 nitrogen and oxygen atoms in total. The van der Waals surface area contributed by atoms with Crippen molar-refractivity contribution in [2.24, 2.45) is 0 Å². The molecular weight excluding hydrogens is 245 g/mol. The minimum atomic E-state index is -0.467. The van der Waals surface area contributed by atoms with Crippen molar-refractivity contribution in [3.8, 4) is 6.07 Å². The Bertz CT molecular complexity index is 379. The predicted octanol–water partition coefficient (Wildman–Crippen LogP) is 3.50. The molecule has 3 heteroatoms. The van der Waals surface area contributed by atoms with Gasteiger partial charge in [-0.15, -0.1) is 0 Å². The van der Waals surface area contributed by atoms with Crippen molar-refractivity contribution in [2.45, 2.75) is 6.42 Å². The van der Waals surface area contributed by atoms with Crippen molar-refractivity contribution in [2.75, 3.05) is 5.33 Å². The molecular formula is C11H9BrFN. The maximum Gasteiger partial charge on any atom is 0.140 e. The lowest BCUT2D eigenvalue weighted by atomic mass is 10.1. The van der Waals surface area contributed by atoms with Crippen LogP contribution < -0.4 is 0 Å². The first kappa shape index (κ1) is 10.9. The number of hydrogen-bond donors (Lipinski definition) is 0. The van der Waals surface area contributed by atoms with Gasteiger partial charge in [-0.2, -0.15) is 5.26 Å². The minimum absolute atomic E-state index is 0.0889. The van der Waals surface area contributed by atoms with E-state index in [1.54, 1.807) is 12.1 Å². The Kier molecular flexibility index (Phi) is 4.34. The highest BCUT2D eigenvalue weighted by Crippen LogP contribution is 2.11. The summed E-state index contributed by atoms with van der Waals surface area (Å²) in [5.41, 5.74) is 0.940. The van der Waals surface area contributed by atoms with E-state index in [1.807, 2.05) is 18.2 Å². The molecule has 1 aromatic carbocycles. The van der Waals surface area contributed by atoms with Gasteiger partial charge in [-0.05, 0) is 24.1 Å². The van der Waals surface area contributed by atoms with Crippen LogP contribution in [0.1, 0.15) is 17.5 Å². The molecule has 0 atom stereocenters. The highest BCUT2D eigenvalue weighted by Gasteiger charge is 1.99. The second kappa shape index (κ2) is 5.56. The van der Waals surface area contributed by atoms with Gasteiger partial charge in [0, 0.05) is 5.33 Å². The second-order valence-electron chi connectivity index (χ2n) is 2.73. The van der Waals surface area contributed by atoms with Crippen molar-refractivity contribution in [3.05, 3.63) is 41.2 Å². The predicted molar refractivity (Wildman–Crippen MR) is 58.6 cm³/mol. The summed E-state index contributed by atoms with van der Waals surface area (Å²) in [6.07, 6.45) is 4.77. The minimum Gasteiger partial charge on any atom is -0.206 e. The Labute approximate surface area is 91.0 Å². The number of benzene rings is 1. The van der Waals surface area contributed by atoms with E-state index < -0.39 is 5.82 Å². The van der Waals surface area contributed by atoms with Gasteiger partial charge in [0.2, 0.25) is 0 Å². The summed E-state index contributed by atoms with van der Waals surface area (Å²) in [6, 6.07) is 6.32. The Morgan fingerprint density at radius 2 is 2.29 bits per heavy atom. The molecule has 0 unspecified atom stereocenters. The van der Waals surface area contributed by atoms with E-state index in [-0.39, 0.29) is 5.56 Å². The van der Waals surface area contributed by atoms with E-state index in [2.05, 4.69) is 15.9 Å². The molecule has 0 fully saturated rings. The molecule has 0 aromatic heterocycles. The molecule has 1 aromatic rings. The molecule has 0 saturated carbocycles. The zero-order valence-corrected chi connectivity index (χ0v) is 9.09. The SMILES string of the molecule is N#Cc1cc(C=CCCBr)ccc1F. The van der Waals surface area contributed by atoms with Crippen LogP contribution in [-0.4, -0.2) is 5.33 Å². The number of alkyl halides is 1. The van der Waals surface area contributed by atoms with Gasteiger partial charge >= 0.3 is 0 Å². The van der Waals surface area contributed by atoms with Crippen LogP contribution in [0.3, 0.4) is 0 Å². The zero-order valence-electron chi connectivity index (χ0n) is 7.50. The number of nitriles is 1. The van der Waals surface area contributed by atoms with Crippen LogP contribution in [-0.2, 0) is 0 Å². The Morgan fingerprint density at radius 1 is 1.50 bits per heavy atom. The fourth-order valence-corrected chi connectivity index (χ4v) is 1.28. The second-order valence-corrected chi connectivity index (χ2v) is 3.52. The van der Waals surface area contributed by atoms with Crippen molar-refractivity contribution in [3.63, 3.8) is 0 Å². The van der Waals surface area contributed by atoms with Gasteiger partial charge in [0.15, 0.2) is 0 Å². The van der Waals surface area contributed by atoms with Crippen molar-refractivity contribution >= 4 is 22.0 Å². The van der Waals surface area contributed by atoms with Gasteiger partial charge in [0.05, 0.1) is 5.56 Å². The zero-order chi connectivity index (χ0) is 10.4. The summed E-state index contributed by atoms with van der Waals surface area (Å²) < 4.78 is 12.9. The third-order valence-corrected chi connectivity index (χ3v) is 2.15. The van der Waals surface area contributed by atoms with Gasteiger partial charge < -0.3 is 0 Å². The van der Waals surface area contributed by atoms with Crippen LogP contribution >= 0.6 is 15.9 Å². The number of hydrogen-bond acceptors (Lipinski definition) is 1. The van der Waals surface area contributed by atoms with Crippen LogP contribution in [0.25, 0.3) is 6.08 Å². The van der Waals surface area contributed by atoms with E-state index in [0.717, 1.165) is 17.3 Å². The van der Waals surface area contributed by atoms with Gasteiger partial charge in [0.1, 0.15) is 11.9 Å². The van der Waals surface area contributed by atoms with Crippen LogP contribution in [0, 0.1) is 17.1 Å². The molecule has 72 valence electrons. The highest BCUT2D eigenvalue weighted by molar-refractivity contribution is 9.09. The molecule has 1 rings (SSSR count). The van der Waals surface area contributed by atoms with Gasteiger partial charge in [-0.25, -0.2) is 4.39 Å². The molecule has 0 bridgehead atoms. The van der Waals surface area contributed by atoms with Crippen molar-refractivity contribution in [1.29, 1.82) is 5.26 Å². The fraction of sp³-hybridized carbons (Fsp3) is 0.182. The lowest BCUT2D eigenvalue weighted by Crippen LogP contribution is -1.83.